The fraction of sp³-hybridized carbons (Fsp3) is 0.923. The minimum Gasteiger partial charge on any atom is -0.354 e. The summed E-state index contributed by atoms with van der Waals surface area (Å²) in [7, 11) is 0. The fourth-order valence-corrected chi connectivity index (χ4v) is 2.86. The highest BCUT2D eigenvalue weighted by Gasteiger charge is 2.35. The van der Waals surface area contributed by atoms with E-state index in [1.54, 1.807) is 0 Å². The molecule has 4 nitrogen and oxygen atoms in total. The molecule has 0 atom stereocenters. The topological polar surface area (TPSA) is 44.4 Å². The van der Waals surface area contributed by atoms with E-state index in [2.05, 4.69) is 22.5 Å². The van der Waals surface area contributed by atoms with Crippen molar-refractivity contribution in [3.8, 4) is 0 Å². The quantitative estimate of drug-likeness (QED) is 0.805. The summed E-state index contributed by atoms with van der Waals surface area (Å²) in [6.07, 6.45) is 4.54. The largest absolute Gasteiger partial charge is 0.354 e. The Morgan fingerprint density at radius 2 is 1.89 bits per heavy atom. The first-order valence-corrected chi connectivity index (χ1v) is 6.92. The molecule has 1 amide bonds. The lowest BCUT2D eigenvalue weighted by atomic mass is 9.88. The van der Waals surface area contributed by atoms with Gasteiger partial charge in [0, 0.05) is 44.7 Å². The molecule has 2 aliphatic rings. The number of halogens is 1. The van der Waals surface area contributed by atoms with Gasteiger partial charge in [-0.1, -0.05) is 19.8 Å². The van der Waals surface area contributed by atoms with Crippen LogP contribution >= 0.6 is 12.4 Å². The van der Waals surface area contributed by atoms with Gasteiger partial charge in [0.2, 0.25) is 5.91 Å². The van der Waals surface area contributed by atoms with Crippen molar-refractivity contribution in [2.24, 2.45) is 5.41 Å². The lowest BCUT2D eigenvalue weighted by molar-refractivity contribution is -0.129. The Morgan fingerprint density at radius 1 is 1.28 bits per heavy atom. The summed E-state index contributed by atoms with van der Waals surface area (Å²) in [6.45, 7) is 8.26. The predicted octanol–water partition coefficient (Wildman–Crippen LogP) is 1.01. The Labute approximate surface area is 116 Å². The van der Waals surface area contributed by atoms with Gasteiger partial charge in [-0.3, -0.25) is 9.69 Å². The highest BCUT2D eigenvalue weighted by Crippen LogP contribution is 2.37. The van der Waals surface area contributed by atoms with E-state index >= 15 is 0 Å². The molecule has 0 aromatic rings. The molecule has 2 rings (SSSR count). The Hall–Kier alpha value is -0.320. The summed E-state index contributed by atoms with van der Waals surface area (Å²) >= 11 is 0. The minimum absolute atomic E-state index is 0. The number of carbonyl (C=O) groups excluding carboxylic acids is 1. The molecule has 2 N–H and O–H groups in total. The van der Waals surface area contributed by atoms with Crippen LogP contribution in [0.25, 0.3) is 0 Å². The maximum atomic E-state index is 12.1. The third-order valence-electron chi connectivity index (χ3n) is 4.18. The first-order valence-electron chi connectivity index (χ1n) is 6.92. The third kappa shape index (κ3) is 4.11. The van der Waals surface area contributed by atoms with Crippen LogP contribution in [0.3, 0.4) is 0 Å². The molecule has 1 aliphatic carbocycles. The van der Waals surface area contributed by atoms with Crippen LogP contribution in [0.15, 0.2) is 0 Å². The van der Waals surface area contributed by atoms with Crippen molar-refractivity contribution in [2.75, 3.05) is 39.3 Å². The van der Waals surface area contributed by atoms with Crippen LogP contribution in [0.4, 0.5) is 0 Å². The molecule has 0 unspecified atom stereocenters. The Morgan fingerprint density at radius 3 is 2.50 bits per heavy atom. The molecule has 1 heterocycles. The number of hydrogen-bond acceptors (Lipinski definition) is 3. The molecule has 2 fully saturated rings. The van der Waals surface area contributed by atoms with Crippen LogP contribution < -0.4 is 10.6 Å². The zero-order valence-electron chi connectivity index (χ0n) is 11.3. The average molecular weight is 276 g/mol. The first-order chi connectivity index (χ1) is 8.21. The summed E-state index contributed by atoms with van der Waals surface area (Å²) in [5.74, 6) is 0.269. The molecule has 0 spiro atoms. The molecule has 1 saturated carbocycles. The van der Waals surface area contributed by atoms with Gasteiger partial charge < -0.3 is 10.6 Å². The summed E-state index contributed by atoms with van der Waals surface area (Å²) in [6, 6.07) is 0. The summed E-state index contributed by atoms with van der Waals surface area (Å²) in [4.78, 5) is 14.5. The van der Waals surface area contributed by atoms with Crippen molar-refractivity contribution >= 4 is 18.3 Å². The van der Waals surface area contributed by atoms with Crippen LogP contribution in [0.5, 0.6) is 0 Å². The van der Waals surface area contributed by atoms with E-state index in [0.29, 0.717) is 0 Å². The molecule has 0 radical (unpaired) electrons. The van der Waals surface area contributed by atoms with Crippen LogP contribution in [0, 0.1) is 5.41 Å². The smallest absolute Gasteiger partial charge is 0.225 e. The molecule has 0 aromatic heterocycles. The number of piperazine rings is 1. The molecule has 0 bridgehead atoms. The molecular formula is C13H26ClN3O. The fourth-order valence-electron chi connectivity index (χ4n) is 2.86. The van der Waals surface area contributed by atoms with Crippen molar-refractivity contribution < 1.29 is 4.79 Å². The number of hydrogen-bond donors (Lipinski definition) is 2. The Balaban J connectivity index is 0.00000162. The molecule has 5 heteroatoms. The second-order valence-corrected chi connectivity index (χ2v) is 5.62. The monoisotopic (exact) mass is 275 g/mol. The predicted molar refractivity (Wildman–Crippen MR) is 76.1 cm³/mol. The number of nitrogens with one attached hydrogen (secondary N) is 2. The van der Waals surface area contributed by atoms with E-state index in [4.69, 9.17) is 0 Å². The van der Waals surface area contributed by atoms with Crippen LogP contribution in [0.1, 0.15) is 32.6 Å². The van der Waals surface area contributed by atoms with Crippen LogP contribution in [-0.4, -0.2) is 50.1 Å². The van der Waals surface area contributed by atoms with Gasteiger partial charge in [0.15, 0.2) is 0 Å². The number of carbonyl (C=O) groups is 1. The zero-order valence-corrected chi connectivity index (χ0v) is 12.2. The Bertz CT molecular complexity index is 261. The molecule has 1 saturated heterocycles. The summed E-state index contributed by atoms with van der Waals surface area (Å²) < 4.78 is 0. The van der Waals surface area contributed by atoms with Crippen LogP contribution in [-0.2, 0) is 4.79 Å². The summed E-state index contributed by atoms with van der Waals surface area (Å²) in [5, 5.41) is 6.45. The van der Waals surface area contributed by atoms with Gasteiger partial charge >= 0.3 is 0 Å². The lowest BCUT2D eigenvalue weighted by Gasteiger charge is -2.28. The van der Waals surface area contributed by atoms with Gasteiger partial charge in [-0.25, -0.2) is 0 Å². The maximum Gasteiger partial charge on any atom is 0.225 e. The van der Waals surface area contributed by atoms with E-state index in [1.807, 2.05) is 0 Å². The lowest BCUT2D eigenvalue weighted by Crippen LogP contribution is -2.47. The van der Waals surface area contributed by atoms with Gasteiger partial charge in [0.1, 0.15) is 0 Å². The third-order valence-corrected chi connectivity index (χ3v) is 4.18. The Kier molecular flexibility index (Phi) is 6.39. The van der Waals surface area contributed by atoms with Crippen molar-refractivity contribution in [3.63, 3.8) is 0 Å². The van der Waals surface area contributed by atoms with Crippen molar-refractivity contribution in [2.45, 2.75) is 32.6 Å². The number of rotatable bonds is 4. The van der Waals surface area contributed by atoms with E-state index < -0.39 is 0 Å². The van der Waals surface area contributed by atoms with Gasteiger partial charge in [0.25, 0.3) is 0 Å². The second-order valence-electron chi connectivity index (χ2n) is 5.62. The number of nitrogens with zero attached hydrogens (tertiary/aromatic N) is 1. The van der Waals surface area contributed by atoms with E-state index in [-0.39, 0.29) is 23.7 Å². The van der Waals surface area contributed by atoms with Gasteiger partial charge in [-0.2, -0.15) is 0 Å². The van der Waals surface area contributed by atoms with Gasteiger partial charge in [0.05, 0.1) is 0 Å². The summed E-state index contributed by atoms with van der Waals surface area (Å²) in [5.41, 5.74) is -0.0799. The SMILES string of the molecule is CC1(C(=O)NCCN2CCNCC2)CCCC1.Cl. The normalized spacial score (nSPS) is 23.4. The standard InChI is InChI=1S/C13H25N3O.ClH/c1-13(4-2-3-5-13)12(17)15-8-11-16-9-6-14-7-10-16;/h14H,2-11H2,1H3,(H,15,17);1H. The van der Waals surface area contributed by atoms with Crippen LogP contribution in [0.2, 0.25) is 0 Å². The molecule has 106 valence electrons. The highest BCUT2D eigenvalue weighted by atomic mass is 35.5. The number of amides is 1. The van der Waals surface area contributed by atoms with E-state index in [9.17, 15) is 4.79 Å². The first kappa shape index (κ1) is 15.7. The second kappa shape index (κ2) is 7.31. The maximum absolute atomic E-state index is 12.1. The zero-order chi connectivity index (χ0) is 12.1. The highest BCUT2D eigenvalue weighted by molar-refractivity contribution is 5.85. The molecule has 1 aliphatic heterocycles. The molecule has 18 heavy (non-hydrogen) atoms. The van der Waals surface area contributed by atoms with E-state index in [1.165, 1.54) is 12.8 Å². The van der Waals surface area contributed by atoms with Crippen molar-refractivity contribution in [1.82, 2.24) is 15.5 Å². The van der Waals surface area contributed by atoms with Crippen molar-refractivity contribution in [3.05, 3.63) is 0 Å². The molecule has 0 aromatic carbocycles. The van der Waals surface area contributed by atoms with E-state index in [0.717, 1.165) is 52.1 Å². The average Bonchev–Trinajstić information content (AvgIpc) is 2.79. The minimum atomic E-state index is -0.0799. The van der Waals surface area contributed by atoms with Crippen molar-refractivity contribution in [1.29, 1.82) is 0 Å². The van der Waals surface area contributed by atoms with Gasteiger partial charge in [-0.15, -0.1) is 12.4 Å². The van der Waals surface area contributed by atoms with Gasteiger partial charge in [-0.05, 0) is 12.8 Å². The molecular weight excluding hydrogens is 250 g/mol.